The molecule has 0 fully saturated rings. The molecule has 3 heteroatoms. The van der Waals surface area contributed by atoms with Crippen molar-refractivity contribution >= 4 is 11.3 Å². The molecule has 0 aliphatic rings. The van der Waals surface area contributed by atoms with Crippen molar-refractivity contribution in [3.05, 3.63) is 15.6 Å². The molecule has 0 amide bonds. The van der Waals surface area contributed by atoms with Gasteiger partial charge in [0.05, 0.1) is 11.7 Å². The van der Waals surface area contributed by atoms with E-state index in [0.717, 1.165) is 6.54 Å². The molecule has 0 bridgehead atoms. The van der Waals surface area contributed by atoms with Crippen LogP contribution in [0, 0.1) is 13.8 Å². The zero-order valence-corrected chi connectivity index (χ0v) is 8.96. The minimum Gasteiger partial charge on any atom is -0.308 e. The molecule has 0 aromatic carbocycles. The average Bonchev–Trinajstić information content (AvgIpc) is 2.33. The second kappa shape index (κ2) is 4.01. The maximum atomic E-state index is 4.48. The minimum atomic E-state index is 0.396. The molecule has 1 atom stereocenters. The van der Waals surface area contributed by atoms with Gasteiger partial charge in [-0.25, -0.2) is 4.98 Å². The smallest absolute Gasteiger partial charge is 0.110 e. The summed E-state index contributed by atoms with van der Waals surface area (Å²) >= 11 is 1.79. The molecular formula is C9H16N2S. The highest BCUT2D eigenvalue weighted by molar-refractivity contribution is 7.11. The molecular weight excluding hydrogens is 168 g/mol. The molecule has 1 rings (SSSR count). The van der Waals surface area contributed by atoms with Gasteiger partial charge in [-0.1, -0.05) is 6.92 Å². The molecule has 1 unspecified atom stereocenters. The van der Waals surface area contributed by atoms with E-state index in [1.54, 1.807) is 11.3 Å². The third-order valence-electron chi connectivity index (χ3n) is 1.93. The fourth-order valence-electron chi connectivity index (χ4n) is 1.08. The maximum Gasteiger partial charge on any atom is 0.110 e. The summed E-state index contributed by atoms with van der Waals surface area (Å²) in [4.78, 5) is 5.81. The highest BCUT2D eigenvalue weighted by Crippen LogP contribution is 2.21. The Labute approximate surface area is 78.0 Å². The van der Waals surface area contributed by atoms with E-state index in [0.29, 0.717) is 6.04 Å². The van der Waals surface area contributed by atoms with Crippen molar-refractivity contribution in [3.63, 3.8) is 0 Å². The van der Waals surface area contributed by atoms with Crippen LogP contribution in [0.4, 0.5) is 0 Å². The first-order valence-electron chi connectivity index (χ1n) is 4.32. The number of hydrogen-bond donors (Lipinski definition) is 1. The van der Waals surface area contributed by atoms with E-state index in [-0.39, 0.29) is 0 Å². The van der Waals surface area contributed by atoms with Crippen LogP contribution in [0.15, 0.2) is 0 Å². The van der Waals surface area contributed by atoms with Gasteiger partial charge in [0.15, 0.2) is 0 Å². The van der Waals surface area contributed by atoms with E-state index in [9.17, 15) is 0 Å². The van der Waals surface area contributed by atoms with Crippen molar-refractivity contribution in [2.75, 3.05) is 6.54 Å². The van der Waals surface area contributed by atoms with Gasteiger partial charge in [-0.3, -0.25) is 0 Å². The lowest BCUT2D eigenvalue weighted by molar-refractivity contribution is 0.594. The van der Waals surface area contributed by atoms with Crippen LogP contribution in [0.3, 0.4) is 0 Å². The Morgan fingerprint density at radius 3 is 2.58 bits per heavy atom. The van der Waals surface area contributed by atoms with Crippen molar-refractivity contribution in [2.45, 2.75) is 33.7 Å². The highest BCUT2D eigenvalue weighted by Gasteiger charge is 2.09. The normalized spacial score (nSPS) is 13.3. The average molecular weight is 184 g/mol. The Kier molecular flexibility index (Phi) is 3.23. The first-order chi connectivity index (χ1) is 5.65. The van der Waals surface area contributed by atoms with Gasteiger partial charge >= 0.3 is 0 Å². The molecule has 12 heavy (non-hydrogen) atoms. The van der Waals surface area contributed by atoms with E-state index in [4.69, 9.17) is 0 Å². The van der Waals surface area contributed by atoms with E-state index >= 15 is 0 Å². The molecule has 1 N–H and O–H groups in total. The highest BCUT2D eigenvalue weighted by atomic mass is 32.1. The van der Waals surface area contributed by atoms with E-state index in [1.165, 1.54) is 15.6 Å². The van der Waals surface area contributed by atoms with Gasteiger partial charge < -0.3 is 5.32 Å². The summed E-state index contributed by atoms with van der Waals surface area (Å²) in [6, 6.07) is 0.396. The largest absolute Gasteiger partial charge is 0.308 e. The summed E-state index contributed by atoms with van der Waals surface area (Å²) in [5, 5.41) is 4.55. The Morgan fingerprint density at radius 2 is 2.17 bits per heavy atom. The number of aryl methyl sites for hydroxylation is 2. The molecule has 0 aliphatic carbocycles. The third kappa shape index (κ3) is 2.05. The molecule has 68 valence electrons. The first kappa shape index (κ1) is 9.68. The molecule has 0 aliphatic heterocycles. The van der Waals surface area contributed by atoms with Crippen LogP contribution in [-0.2, 0) is 0 Å². The molecule has 0 saturated carbocycles. The number of nitrogens with zero attached hydrogens (tertiary/aromatic N) is 1. The lowest BCUT2D eigenvalue weighted by Gasteiger charge is -2.07. The Morgan fingerprint density at radius 1 is 1.50 bits per heavy atom. The second-order valence-electron chi connectivity index (χ2n) is 2.97. The summed E-state index contributed by atoms with van der Waals surface area (Å²) in [5.41, 5.74) is 1.17. The van der Waals surface area contributed by atoms with Gasteiger partial charge in [-0.2, -0.15) is 0 Å². The van der Waals surface area contributed by atoms with Gasteiger partial charge in [0, 0.05) is 4.88 Å². The monoisotopic (exact) mass is 184 g/mol. The van der Waals surface area contributed by atoms with Crippen molar-refractivity contribution in [3.8, 4) is 0 Å². The van der Waals surface area contributed by atoms with E-state index in [1.807, 2.05) is 0 Å². The van der Waals surface area contributed by atoms with Crippen molar-refractivity contribution in [1.82, 2.24) is 10.3 Å². The molecule has 1 aromatic heterocycles. The Hall–Kier alpha value is -0.410. The van der Waals surface area contributed by atoms with Gasteiger partial charge in [0.1, 0.15) is 5.01 Å². The zero-order valence-electron chi connectivity index (χ0n) is 8.14. The fourth-order valence-corrected chi connectivity index (χ4v) is 2.03. The molecule has 2 nitrogen and oxygen atoms in total. The van der Waals surface area contributed by atoms with Crippen molar-refractivity contribution in [1.29, 1.82) is 0 Å². The van der Waals surface area contributed by atoms with Gasteiger partial charge in [0.25, 0.3) is 0 Å². The second-order valence-corrected chi connectivity index (χ2v) is 4.21. The summed E-state index contributed by atoms with van der Waals surface area (Å²) in [6.45, 7) is 9.45. The standard InChI is InChI=1S/C9H16N2S/c1-5-10-7(3)9-11-6(2)8(4)12-9/h7,10H,5H2,1-4H3. The Bertz CT molecular complexity index is 236. The van der Waals surface area contributed by atoms with Crippen LogP contribution in [-0.4, -0.2) is 11.5 Å². The predicted molar refractivity (Wildman–Crippen MR) is 53.7 cm³/mol. The quantitative estimate of drug-likeness (QED) is 0.780. The summed E-state index contributed by atoms with van der Waals surface area (Å²) < 4.78 is 0. The summed E-state index contributed by atoms with van der Waals surface area (Å²) in [6.07, 6.45) is 0. The molecule has 0 saturated heterocycles. The van der Waals surface area contributed by atoms with E-state index < -0.39 is 0 Å². The van der Waals surface area contributed by atoms with Crippen LogP contribution in [0.2, 0.25) is 0 Å². The number of rotatable bonds is 3. The van der Waals surface area contributed by atoms with Crippen LogP contribution in [0.25, 0.3) is 0 Å². The van der Waals surface area contributed by atoms with Crippen LogP contribution in [0.5, 0.6) is 0 Å². The van der Waals surface area contributed by atoms with Gasteiger partial charge in [-0.15, -0.1) is 11.3 Å². The predicted octanol–water partition coefficient (Wildman–Crippen LogP) is 2.43. The number of hydrogen-bond acceptors (Lipinski definition) is 3. The molecule has 1 heterocycles. The number of nitrogens with one attached hydrogen (secondary N) is 1. The maximum absolute atomic E-state index is 4.48. The summed E-state index contributed by atoms with van der Waals surface area (Å²) in [5.74, 6) is 0. The zero-order chi connectivity index (χ0) is 9.14. The minimum absolute atomic E-state index is 0.396. The van der Waals surface area contributed by atoms with Crippen molar-refractivity contribution < 1.29 is 0 Å². The van der Waals surface area contributed by atoms with Crippen LogP contribution in [0.1, 0.15) is 35.5 Å². The first-order valence-corrected chi connectivity index (χ1v) is 5.14. The lowest BCUT2D eigenvalue weighted by Crippen LogP contribution is -2.17. The van der Waals surface area contributed by atoms with Gasteiger partial charge in [-0.05, 0) is 27.3 Å². The third-order valence-corrected chi connectivity index (χ3v) is 3.18. The number of thiazole rings is 1. The van der Waals surface area contributed by atoms with Crippen molar-refractivity contribution in [2.24, 2.45) is 0 Å². The number of aromatic nitrogens is 1. The summed E-state index contributed by atoms with van der Waals surface area (Å²) in [7, 11) is 0. The van der Waals surface area contributed by atoms with Crippen LogP contribution >= 0.6 is 11.3 Å². The SMILES string of the molecule is CCNC(C)c1nc(C)c(C)s1. The lowest BCUT2D eigenvalue weighted by atomic mass is 10.3. The Balaban J connectivity index is 2.74. The topological polar surface area (TPSA) is 24.9 Å². The fraction of sp³-hybridized carbons (Fsp3) is 0.667. The van der Waals surface area contributed by atoms with Crippen LogP contribution < -0.4 is 5.32 Å². The molecule has 0 radical (unpaired) electrons. The van der Waals surface area contributed by atoms with E-state index in [2.05, 4.69) is 38.0 Å². The molecule has 1 aromatic rings. The van der Waals surface area contributed by atoms with Gasteiger partial charge in [0.2, 0.25) is 0 Å². The molecule has 0 spiro atoms.